The molecule has 2 rings (SSSR count). The third kappa shape index (κ3) is 2.84. The Bertz CT molecular complexity index is 407. The van der Waals surface area contributed by atoms with Crippen LogP contribution < -0.4 is 0 Å². The molecule has 4 nitrogen and oxygen atoms in total. The highest BCUT2D eigenvalue weighted by atomic mass is 79.9. The van der Waals surface area contributed by atoms with Crippen molar-refractivity contribution in [2.45, 2.75) is 13.0 Å². The van der Waals surface area contributed by atoms with Gasteiger partial charge in [0.2, 0.25) is 0 Å². The molecule has 1 aromatic rings. The Morgan fingerprint density at radius 3 is 2.82 bits per heavy atom. The second-order valence-corrected chi connectivity index (χ2v) is 5.26. The molecule has 0 spiro atoms. The Kier molecular flexibility index (Phi) is 3.79. The van der Waals surface area contributed by atoms with E-state index in [1.54, 1.807) is 12.3 Å². The third-order valence-electron chi connectivity index (χ3n) is 3.22. The van der Waals surface area contributed by atoms with Crippen molar-refractivity contribution in [3.05, 3.63) is 28.5 Å². The van der Waals surface area contributed by atoms with E-state index in [1.807, 2.05) is 11.0 Å². The number of pyridine rings is 1. The number of rotatable bonds is 1. The summed E-state index contributed by atoms with van der Waals surface area (Å²) in [7, 11) is 2.09. The molecule has 0 saturated carbocycles. The highest BCUT2D eigenvalue weighted by Gasteiger charge is 2.25. The van der Waals surface area contributed by atoms with Crippen LogP contribution in [0.5, 0.6) is 0 Å². The number of amides is 1. The summed E-state index contributed by atoms with van der Waals surface area (Å²) in [5.41, 5.74) is 0.657. The second-order valence-electron chi connectivity index (χ2n) is 4.45. The zero-order valence-electron chi connectivity index (χ0n) is 10.1. The van der Waals surface area contributed by atoms with E-state index < -0.39 is 0 Å². The van der Waals surface area contributed by atoms with E-state index in [4.69, 9.17) is 0 Å². The van der Waals surface area contributed by atoms with Crippen molar-refractivity contribution < 1.29 is 4.79 Å². The standard InChI is InChI=1S/C12H16BrN3O/c1-9-8-16(6-5-15(9)2)12(17)10-3-4-11(13)14-7-10/h3-4,7,9H,5-6,8H2,1-2H3. The largest absolute Gasteiger partial charge is 0.336 e. The van der Waals surface area contributed by atoms with Crippen LogP contribution in [0.4, 0.5) is 0 Å². The van der Waals surface area contributed by atoms with Crippen LogP contribution in [0.15, 0.2) is 22.9 Å². The van der Waals surface area contributed by atoms with Gasteiger partial charge in [0.15, 0.2) is 0 Å². The van der Waals surface area contributed by atoms with Gasteiger partial charge in [0.05, 0.1) is 5.56 Å². The number of halogens is 1. The van der Waals surface area contributed by atoms with Crippen molar-refractivity contribution in [3.63, 3.8) is 0 Å². The molecule has 1 amide bonds. The number of hydrogen-bond donors (Lipinski definition) is 0. The van der Waals surface area contributed by atoms with E-state index >= 15 is 0 Å². The highest BCUT2D eigenvalue weighted by molar-refractivity contribution is 9.10. The van der Waals surface area contributed by atoms with Crippen LogP contribution in [0.3, 0.4) is 0 Å². The van der Waals surface area contributed by atoms with Gasteiger partial charge in [-0.3, -0.25) is 4.79 Å². The van der Waals surface area contributed by atoms with Gasteiger partial charge in [-0.05, 0) is 42.0 Å². The number of hydrogen-bond acceptors (Lipinski definition) is 3. The summed E-state index contributed by atoms with van der Waals surface area (Å²) < 4.78 is 0.751. The van der Waals surface area contributed by atoms with Gasteiger partial charge in [-0.15, -0.1) is 0 Å². The average molecular weight is 298 g/mol. The van der Waals surface area contributed by atoms with Crippen LogP contribution in [0.1, 0.15) is 17.3 Å². The van der Waals surface area contributed by atoms with E-state index in [0.717, 1.165) is 24.2 Å². The van der Waals surface area contributed by atoms with Gasteiger partial charge in [-0.2, -0.15) is 0 Å². The van der Waals surface area contributed by atoms with Crippen molar-refractivity contribution in [3.8, 4) is 0 Å². The predicted molar refractivity (Wildman–Crippen MR) is 69.9 cm³/mol. The predicted octanol–water partition coefficient (Wildman–Crippen LogP) is 1.62. The summed E-state index contributed by atoms with van der Waals surface area (Å²) in [6, 6.07) is 4.02. The number of aromatic nitrogens is 1. The summed E-state index contributed by atoms with van der Waals surface area (Å²) in [4.78, 5) is 20.5. The summed E-state index contributed by atoms with van der Waals surface area (Å²) in [6.07, 6.45) is 1.62. The maximum Gasteiger partial charge on any atom is 0.255 e. The number of piperazine rings is 1. The van der Waals surface area contributed by atoms with Gasteiger partial charge < -0.3 is 9.80 Å². The maximum atomic E-state index is 12.2. The molecule has 92 valence electrons. The average Bonchev–Trinajstić information content (AvgIpc) is 2.33. The minimum atomic E-state index is 0.0740. The fourth-order valence-electron chi connectivity index (χ4n) is 1.92. The van der Waals surface area contributed by atoms with Gasteiger partial charge >= 0.3 is 0 Å². The Balaban J connectivity index is 2.08. The van der Waals surface area contributed by atoms with Crippen LogP contribution in [0, 0.1) is 0 Å². The monoisotopic (exact) mass is 297 g/mol. The van der Waals surface area contributed by atoms with Crippen LogP contribution >= 0.6 is 15.9 Å². The lowest BCUT2D eigenvalue weighted by Gasteiger charge is -2.37. The van der Waals surface area contributed by atoms with Gasteiger partial charge in [0, 0.05) is 31.9 Å². The fraction of sp³-hybridized carbons (Fsp3) is 0.500. The van der Waals surface area contributed by atoms with Crippen molar-refractivity contribution in [1.29, 1.82) is 0 Å². The Morgan fingerprint density at radius 1 is 1.47 bits per heavy atom. The zero-order valence-corrected chi connectivity index (χ0v) is 11.6. The molecule has 0 radical (unpaired) electrons. The van der Waals surface area contributed by atoms with Gasteiger partial charge in [-0.1, -0.05) is 0 Å². The molecule has 1 unspecified atom stereocenters. The van der Waals surface area contributed by atoms with Crippen molar-refractivity contribution in [2.75, 3.05) is 26.7 Å². The van der Waals surface area contributed by atoms with Gasteiger partial charge in [0.25, 0.3) is 5.91 Å². The molecule has 1 aromatic heterocycles. The van der Waals surface area contributed by atoms with E-state index in [2.05, 4.69) is 39.8 Å². The third-order valence-corrected chi connectivity index (χ3v) is 3.69. The Labute approximate surface area is 110 Å². The molecular formula is C12H16BrN3O. The highest BCUT2D eigenvalue weighted by Crippen LogP contribution is 2.12. The van der Waals surface area contributed by atoms with Crippen LogP contribution in [0.25, 0.3) is 0 Å². The SMILES string of the molecule is CC1CN(C(=O)c2ccc(Br)nc2)CCN1C. The minimum absolute atomic E-state index is 0.0740. The van der Waals surface area contributed by atoms with Crippen molar-refractivity contribution >= 4 is 21.8 Å². The molecule has 2 heterocycles. The van der Waals surface area contributed by atoms with Crippen molar-refractivity contribution in [1.82, 2.24) is 14.8 Å². The minimum Gasteiger partial charge on any atom is -0.336 e. The fourth-order valence-corrected chi connectivity index (χ4v) is 2.15. The molecule has 1 saturated heterocycles. The topological polar surface area (TPSA) is 36.4 Å². The molecular weight excluding hydrogens is 282 g/mol. The van der Waals surface area contributed by atoms with Crippen LogP contribution in [-0.2, 0) is 0 Å². The normalized spacial score (nSPS) is 21.6. The first-order chi connectivity index (χ1) is 8.08. The molecule has 17 heavy (non-hydrogen) atoms. The Hall–Kier alpha value is -0.940. The molecule has 1 aliphatic rings. The lowest BCUT2D eigenvalue weighted by molar-refractivity contribution is 0.0572. The van der Waals surface area contributed by atoms with E-state index in [9.17, 15) is 4.79 Å². The zero-order chi connectivity index (χ0) is 12.4. The maximum absolute atomic E-state index is 12.2. The molecule has 0 aliphatic carbocycles. The number of nitrogens with zero attached hydrogens (tertiary/aromatic N) is 3. The first kappa shape index (κ1) is 12.5. The van der Waals surface area contributed by atoms with E-state index in [0.29, 0.717) is 11.6 Å². The summed E-state index contributed by atoms with van der Waals surface area (Å²) in [6.45, 7) is 4.64. The number of carbonyl (C=O) groups excluding carboxylic acids is 1. The molecule has 0 aromatic carbocycles. The van der Waals surface area contributed by atoms with E-state index in [-0.39, 0.29) is 5.91 Å². The number of carbonyl (C=O) groups is 1. The molecule has 0 N–H and O–H groups in total. The van der Waals surface area contributed by atoms with Gasteiger partial charge in [0.1, 0.15) is 4.60 Å². The molecule has 5 heteroatoms. The second kappa shape index (κ2) is 5.14. The molecule has 1 fully saturated rings. The van der Waals surface area contributed by atoms with Gasteiger partial charge in [-0.25, -0.2) is 4.98 Å². The summed E-state index contributed by atoms with van der Waals surface area (Å²) in [5.74, 6) is 0.0740. The summed E-state index contributed by atoms with van der Waals surface area (Å²) in [5, 5.41) is 0. The molecule has 1 atom stereocenters. The molecule has 1 aliphatic heterocycles. The first-order valence-corrected chi connectivity index (χ1v) is 6.48. The quantitative estimate of drug-likeness (QED) is 0.739. The summed E-state index contributed by atoms with van der Waals surface area (Å²) >= 11 is 3.27. The Morgan fingerprint density at radius 2 is 2.24 bits per heavy atom. The first-order valence-electron chi connectivity index (χ1n) is 5.69. The van der Waals surface area contributed by atoms with Crippen LogP contribution in [0.2, 0.25) is 0 Å². The smallest absolute Gasteiger partial charge is 0.255 e. The van der Waals surface area contributed by atoms with Crippen molar-refractivity contribution in [2.24, 2.45) is 0 Å². The number of likely N-dealkylation sites (N-methyl/N-ethyl adjacent to an activating group) is 1. The lowest BCUT2D eigenvalue weighted by Crippen LogP contribution is -2.52. The lowest BCUT2D eigenvalue weighted by atomic mass is 10.1. The molecule has 0 bridgehead atoms. The van der Waals surface area contributed by atoms with Crippen LogP contribution in [-0.4, -0.2) is 53.4 Å². The van der Waals surface area contributed by atoms with E-state index in [1.165, 1.54) is 0 Å².